The van der Waals surface area contributed by atoms with E-state index in [1.165, 1.54) is 27.2 Å². The van der Waals surface area contributed by atoms with E-state index in [1.54, 1.807) is 0 Å². The summed E-state index contributed by atoms with van der Waals surface area (Å²) in [6, 6.07) is 64.8. The summed E-state index contributed by atoms with van der Waals surface area (Å²) in [5, 5.41) is 7.05. The molecule has 0 saturated carbocycles. The minimum Gasteiger partial charge on any atom is -0.455 e. The maximum absolute atomic E-state index is 6.83. The molecule has 8 aromatic carbocycles. The monoisotopic (exact) mass is 626 g/mol. The summed E-state index contributed by atoms with van der Waals surface area (Å²) in [7, 11) is 0. The number of para-hydroxylation sites is 5. The van der Waals surface area contributed by atoms with Crippen LogP contribution >= 0.6 is 0 Å². The van der Waals surface area contributed by atoms with Gasteiger partial charge in [0, 0.05) is 55.1 Å². The predicted molar refractivity (Wildman–Crippen MR) is 206 cm³/mol. The normalized spacial score (nSPS) is 11.7. The quantitative estimate of drug-likeness (QED) is 0.190. The van der Waals surface area contributed by atoms with Crippen molar-refractivity contribution < 1.29 is 4.42 Å². The fraction of sp³-hybridized carbons (Fsp3) is 0. The second-order valence-electron chi connectivity index (χ2n) is 12.5. The Morgan fingerprint density at radius 3 is 1.80 bits per heavy atom. The lowest BCUT2D eigenvalue weighted by Gasteiger charge is -2.28. The van der Waals surface area contributed by atoms with E-state index in [0.29, 0.717) is 0 Å². The van der Waals surface area contributed by atoms with Gasteiger partial charge >= 0.3 is 0 Å². The molecular formula is C46H30N2O. The van der Waals surface area contributed by atoms with Crippen molar-refractivity contribution in [1.82, 2.24) is 4.57 Å². The Bertz CT molecular complexity index is 2790. The van der Waals surface area contributed by atoms with Gasteiger partial charge in [-0.1, -0.05) is 127 Å². The van der Waals surface area contributed by atoms with Crippen molar-refractivity contribution in [1.29, 1.82) is 0 Å². The van der Waals surface area contributed by atoms with Crippen LogP contribution in [0, 0.1) is 0 Å². The van der Waals surface area contributed by atoms with Crippen molar-refractivity contribution in [3.05, 3.63) is 182 Å². The van der Waals surface area contributed by atoms with E-state index in [1.807, 2.05) is 0 Å². The smallest absolute Gasteiger partial charge is 0.143 e. The Balaban J connectivity index is 1.20. The zero-order valence-corrected chi connectivity index (χ0v) is 26.6. The van der Waals surface area contributed by atoms with Crippen LogP contribution in [0.2, 0.25) is 0 Å². The average molecular weight is 627 g/mol. The lowest BCUT2D eigenvalue weighted by atomic mass is 9.99. The maximum Gasteiger partial charge on any atom is 0.143 e. The first-order valence-corrected chi connectivity index (χ1v) is 16.7. The molecule has 0 unspecified atom stereocenters. The Morgan fingerprint density at radius 2 is 0.980 bits per heavy atom. The van der Waals surface area contributed by atoms with Crippen LogP contribution < -0.4 is 4.90 Å². The third-order valence-electron chi connectivity index (χ3n) is 9.76. The van der Waals surface area contributed by atoms with E-state index >= 15 is 0 Å². The Kier molecular flexibility index (Phi) is 6.18. The van der Waals surface area contributed by atoms with Gasteiger partial charge in [0.2, 0.25) is 0 Å². The lowest BCUT2D eigenvalue weighted by molar-refractivity contribution is 0.674. The molecule has 0 atom stereocenters. The summed E-state index contributed by atoms with van der Waals surface area (Å²) in [6.07, 6.45) is 0. The number of aromatic nitrogens is 1. The molecule has 2 heterocycles. The molecule has 230 valence electrons. The van der Waals surface area contributed by atoms with Gasteiger partial charge < -0.3 is 13.9 Å². The van der Waals surface area contributed by atoms with Crippen LogP contribution in [0.15, 0.2) is 186 Å². The summed E-state index contributed by atoms with van der Waals surface area (Å²) in [5.41, 5.74) is 10.7. The summed E-state index contributed by atoms with van der Waals surface area (Å²) in [6.45, 7) is 0. The zero-order chi connectivity index (χ0) is 32.3. The highest BCUT2D eigenvalue weighted by Crippen LogP contribution is 2.45. The largest absolute Gasteiger partial charge is 0.455 e. The molecule has 10 rings (SSSR count). The molecule has 0 amide bonds. The Morgan fingerprint density at radius 1 is 0.388 bits per heavy atom. The van der Waals surface area contributed by atoms with E-state index < -0.39 is 0 Å². The fourth-order valence-electron chi connectivity index (χ4n) is 7.61. The van der Waals surface area contributed by atoms with Gasteiger partial charge in [0.15, 0.2) is 0 Å². The van der Waals surface area contributed by atoms with Gasteiger partial charge in [-0.3, -0.25) is 0 Å². The van der Waals surface area contributed by atoms with Crippen LogP contribution in [0.1, 0.15) is 0 Å². The molecule has 0 aliphatic heterocycles. The van der Waals surface area contributed by atoms with Crippen LogP contribution in [0.25, 0.3) is 71.3 Å². The number of nitrogens with zero attached hydrogens (tertiary/aromatic N) is 2. The van der Waals surface area contributed by atoms with Gasteiger partial charge in [0.1, 0.15) is 11.2 Å². The van der Waals surface area contributed by atoms with Crippen molar-refractivity contribution in [2.45, 2.75) is 0 Å². The predicted octanol–water partition coefficient (Wildman–Crippen LogP) is 13.0. The maximum atomic E-state index is 6.83. The second-order valence-corrected chi connectivity index (χ2v) is 12.5. The van der Waals surface area contributed by atoms with Gasteiger partial charge in [0.05, 0.1) is 16.7 Å². The summed E-state index contributed by atoms with van der Waals surface area (Å²) >= 11 is 0. The molecule has 0 spiro atoms. The number of benzene rings is 8. The zero-order valence-electron chi connectivity index (χ0n) is 26.6. The number of fused-ring (bicyclic) bond motifs is 8. The minimum absolute atomic E-state index is 0.897. The van der Waals surface area contributed by atoms with E-state index in [-0.39, 0.29) is 0 Å². The Labute approximate surface area is 283 Å². The van der Waals surface area contributed by atoms with Crippen LogP contribution in [-0.4, -0.2) is 4.57 Å². The highest BCUT2D eigenvalue weighted by molar-refractivity contribution is 6.17. The van der Waals surface area contributed by atoms with Gasteiger partial charge in [0.25, 0.3) is 0 Å². The summed E-state index contributed by atoms with van der Waals surface area (Å²) in [4.78, 5) is 2.36. The average Bonchev–Trinajstić information content (AvgIpc) is 3.72. The fourth-order valence-corrected chi connectivity index (χ4v) is 7.61. The number of anilines is 3. The molecule has 0 radical (unpaired) electrons. The standard InChI is InChI=1S/C46H30N2O/c1-2-15-32(16-3-1)47(33-17-12-18-34(30-33)48-43-26-10-6-20-36(43)37-21-7-11-27-44(37)48)42-25-9-8-22-38(42)39-23-13-24-40-41-29-28-31-14-4-5-19-35(31)45(41)49-46(39)40/h1-30H. The third-order valence-corrected chi connectivity index (χ3v) is 9.76. The number of furan rings is 1. The van der Waals surface area contributed by atoms with Gasteiger partial charge in [-0.05, 0) is 60.0 Å². The van der Waals surface area contributed by atoms with Crippen molar-refractivity contribution in [2.75, 3.05) is 4.90 Å². The molecule has 2 aromatic heterocycles. The molecule has 3 nitrogen and oxygen atoms in total. The highest BCUT2D eigenvalue weighted by atomic mass is 16.3. The van der Waals surface area contributed by atoms with Gasteiger partial charge in [-0.15, -0.1) is 0 Å². The molecule has 3 heteroatoms. The first kappa shape index (κ1) is 27.5. The lowest BCUT2D eigenvalue weighted by Crippen LogP contribution is -2.11. The van der Waals surface area contributed by atoms with E-state index in [9.17, 15) is 0 Å². The first-order chi connectivity index (χ1) is 24.3. The number of rotatable bonds is 5. The van der Waals surface area contributed by atoms with Crippen molar-refractivity contribution >= 4 is 71.6 Å². The van der Waals surface area contributed by atoms with Gasteiger partial charge in [-0.2, -0.15) is 0 Å². The summed E-state index contributed by atoms with van der Waals surface area (Å²) in [5.74, 6) is 0. The van der Waals surface area contributed by atoms with Crippen molar-refractivity contribution in [3.63, 3.8) is 0 Å². The number of hydrogen-bond donors (Lipinski definition) is 0. The highest BCUT2D eigenvalue weighted by Gasteiger charge is 2.21. The molecule has 0 fully saturated rings. The molecule has 0 aliphatic carbocycles. The third kappa shape index (κ3) is 4.29. The van der Waals surface area contributed by atoms with Crippen LogP contribution in [-0.2, 0) is 0 Å². The van der Waals surface area contributed by atoms with Crippen LogP contribution in [0.3, 0.4) is 0 Å². The van der Waals surface area contributed by atoms with E-state index in [4.69, 9.17) is 4.42 Å². The van der Waals surface area contributed by atoms with Crippen LogP contribution in [0.4, 0.5) is 17.1 Å². The molecule has 10 aromatic rings. The van der Waals surface area contributed by atoms with Gasteiger partial charge in [-0.25, -0.2) is 0 Å². The molecule has 0 bridgehead atoms. The number of hydrogen-bond acceptors (Lipinski definition) is 2. The first-order valence-electron chi connectivity index (χ1n) is 16.7. The molecule has 0 saturated heterocycles. The topological polar surface area (TPSA) is 21.3 Å². The second kappa shape index (κ2) is 11.0. The van der Waals surface area contributed by atoms with E-state index in [2.05, 4.69) is 191 Å². The van der Waals surface area contributed by atoms with Crippen LogP contribution in [0.5, 0.6) is 0 Å². The molecule has 0 N–H and O–H groups in total. The summed E-state index contributed by atoms with van der Waals surface area (Å²) < 4.78 is 9.20. The Hall–Kier alpha value is -6.58. The van der Waals surface area contributed by atoms with Crippen molar-refractivity contribution in [3.8, 4) is 16.8 Å². The minimum atomic E-state index is 0.897. The SMILES string of the molecule is c1ccc(N(c2cccc(-n3c4ccccc4c4ccccc43)c2)c2ccccc2-c2cccc3c2oc2c4ccccc4ccc32)cc1. The molecule has 49 heavy (non-hydrogen) atoms. The molecular weight excluding hydrogens is 597 g/mol. The van der Waals surface area contributed by atoms with E-state index in [0.717, 1.165) is 61.2 Å². The molecule has 0 aliphatic rings. The van der Waals surface area contributed by atoms with Crippen molar-refractivity contribution in [2.24, 2.45) is 0 Å².